The first-order valence-electron chi connectivity index (χ1n) is 8.32. The van der Waals surface area contributed by atoms with Crippen LogP contribution in [0.15, 0.2) is 18.2 Å². The van der Waals surface area contributed by atoms with Crippen LogP contribution in [0, 0.1) is 0 Å². The summed E-state index contributed by atoms with van der Waals surface area (Å²) in [5, 5.41) is 2.19. The summed E-state index contributed by atoms with van der Waals surface area (Å²) in [6.45, 7) is 1.51. The van der Waals surface area contributed by atoms with E-state index < -0.39 is 23.8 Å². The zero-order valence-corrected chi connectivity index (χ0v) is 14.8. The highest BCUT2D eigenvalue weighted by molar-refractivity contribution is 6.23. The fourth-order valence-corrected chi connectivity index (χ4v) is 3.68. The molecule has 0 aromatic heterocycles. The predicted octanol–water partition coefficient (Wildman–Crippen LogP) is 0.0470. The van der Waals surface area contributed by atoms with Gasteiger partial charge in [0.1, 0.15) is 6.04 Å². The molecular formula is C17H19ClN4O4. The van der Waals surface area contributed by atoms with Gasteiger partial charge in [-0.2, -0.15) is 0 Å². The van der Waals surface area contributed by atoms with Crippen molar-refractivity contribution in [2.45, 2.75) is 31.3 Å². The van der Waals surface area contributed by atoms with Crippen LogP contribution in [0.2, 0.25) is 0 Å². The van der Waals surface area contributed by atoms with Crippen molar-refractivity contribution in [3.63, 3.8) is 0 Å². The van der Waals surface area contributed by atoms with Gasteiger partial charge in [-0.25, -0.2) is 0 Å². The second-order valence-corrected chi connectivity index (χ2v) is 6.67. The number of halogens is 1. The smallest absolute Gasteiger partial charge is 0.262 e. The Labute approximate surface area is 156 Å². The number of benzene rings is 1. The maximum atomic E-state index is 12.8. The summed E-state index contributed by atoms with van der Waals surface area (Å²) < 4.78 is 0. The van der Waals surface area contributed by atoms with Crippen molar-refractivity contribution in [1.29, 1.82) is 0 Å². The molecule has 3 aliphatic heterocycles. The molecule has 3 N–H and O–H groups in total. The molecule has 4 rings (SSSR count). The van der Waals surface area contributed by atoms with Crippen molar-refractivity contribution in [2.75, 3.05) is 18.0 Å². The van der Waals surface area contributed by atoms with Gasteiger partial charge < -0.3 is 10.6 Å². The molecule has 2 saturated heterocycles. The van der Waals surface area contributed by atoms with Crippen LogP contribution in [-0.4, -0.2) is 53.7 Å². The minimum Gasteiger partial charge on any atom is -0.370 e. The molecule has 1 aromatic carbocycles. The van der Waals surface area contributed by atoms with Gasteiger partial charge in [0.25, 0.3) is 11.8 Å². The molecule has 2 atom stereocenters. The van der Waals surface area contributed by atoms with E-state index in [-0.39, 0.29) is 37.2 Å². The van der Waals surface area contributed by atoms with Gasteiger partial charge in [0.2, 0.25) is 11.8 Å². The Kier molecular flexibility index (Phi) is 4.72. The highest BCUT2D eigenvalue weighted by atomic mass is 35.5. The Bertz CT molecular complexity index is 812. The maximum absolute atomic E-state index is 12.8. The zero-order valence-electron chi connectivity index (χ0n) is 13.9. The van der Waals surface area contributed by atoms with Crippen molar-refractivity contribution in [2.24, 2.45) is 5.73 Å². The number of hydrogen-bond acceptors (Lipinski definition) is 6. The van der Waals surface area contributed by atoms with Crippen molar-refractivity contribution in [1.82, 2.24) is 10.2 Å². The number of nitrogens with zero attached hydrogens (tertiary/aromatic N) is 2. The lowest BCUT2D eigenvalue weighted by atomic mass is 10.0. The van der Waals surface area contributed by atoms with Crippen LogP contribution < -0.4 is 16.0 Å². The fraction of sp³-hybridized carbons (Fsp3) is 0.412. The van der Waals surface area contributed by atoms with E-state index in [2.05, 4.69) is 10.2 Å². The summed E-state index contributed by atoms with van der Waals surface area (Å²) in [6.07, 6.45) is 1.15. The van der Waals surface area contributed by atoms with Crippen LogP contribution in [0.1, 0.15) is 40.0 Å². The molecule has 3 heterocycles. The number of piperidine rings is 1. The van der Waals surface area contributed by atoms with Crippen molar-refractivity contribution in [3.05, 3.63) is 29.3 Å². The molecular weight excluding hydrogens is 360 g/mol. The topological polar surface area (TPSA) is 113 Å². The van der Waals surface area contributed by atoms with E-state index in [1.165, 1.54) is 0 Å². The van der Waals surface area contributed by atoms with E-state index in [0.717, 1.165) is 23.6 Å². The van der Waals surface area contributed by atoms with E-state index in [9.17, 15) is 19.2 Å². The SMILES string of the molecule is Cl.NC1CCN(c2ccc3c(c2)C(=O)N(C2CCC(=O)NC2=O)C3=O)C1. The summed E-state index contributed by atoms with van der Waals surface area (Å²) in [6, 6.07) is 4.29. The van der Waals surface area contributed by atoms with Gasteiger partial charge in [-0.05, 0) is 31.0 Å². The minimum absolute atomic E-state index is 0. The molecule has 0 aliphatic carbocycles. The van der Waals surface area contributed by atoms with Crippen LogP contribution in [0.25, 0.3) is 0 Å². The van der Waals surface area contributed by atoms with E-state index in [0.29, 0.717) is 17.7 Å². The number of anilines is 1. The number of imide groups is 2. The van der Waals surface area contributed by atoms with Gasteiger partial charge in [-0.3, -0.25) is 29.4 Å². The largest absolute Gasteiger partial charge is 0.370 e. The van der Waals surface area contributed by atoms with Crippen molar-refractivity contribution < 1.29 is 19.2 Å². The third kappa shape index (κ3) is 2.85. The molecule has 26 heavy (non-hydrogen) atoms. The summed E-state index contributed by atoms with van der Waals surface area (Å²) >= 11 is 0. The monoisotopic (exact) mass is 378 g/mol. The second kappa shape index (κ2) is 6.69. The fourth-order valence-electron chi connectivity index (χ4n) is 3.68. The van der Waals surface area contributed by atoms with Crippen LogP contribution in [0.3, 0.4) is 0 Å². The van der Waals surface area contributed by atoms with Gasteiger partial charge in [0.05, 0.1) is 11.1 Å². The normalized spacial score (nSPS) is 25.3. The summed E-state index contributed by atoms with van der Waals surface area (Å²) in [5.41, 5.74) is 7.37. The highest BCUT2D eigenvalue weighted by Gasteiger charge is 2.44. The van der Waals surface area contributed by atoms with E-state index in [1.54, 1.807) is 18.2 Å². The van der Waals surface area contributed by atoms with Crippen molar-refractivity contribution >= 4 is 41.7 Å². The van der Waals surface area contributed by atoms with Gasteiger partial charge in [-0.15, -0.1) is 12.4 Å². The molecule has 0 radical (unpaired) electrons. The molecule has 0 bridgehead atoms. The first-order chi connectivity index (χ1) is 12.0. The molecule has 0 spiro atoms. The molecule has 9 heteroatoms. The molecule has 8 nitrogen and oxygen atoms in total. The van der Waals surface area contributed by atoms with E-state index in [1.807, 2.05) is 0 Å². The third-order valence-corrected chi connectivity index (χ3v) is 5.01. The number of nitrogens with one attached hydrogen (secondary N) is 1. The van der Waals surface area contributed by atoms with Gasteiger partial charge in [-0.1, -0.05) is 0 Å². The molecule has 0 saturated carbocycles. The van der Waals surface area contributed by atoms with Gasteiger partial charge in [0, 0.05) is 31.2 Å². The Hall–Kier alpha value is -2.45. The lowest BCUT2D eigenvalue weighted by Gasteiger charge is -2.27. The highest BCUT2D eigenvalue weighted by Crippen LogP contribution is 2.31. The standard InChI is InChI=1S/C17H18N4O4.ClH/c18-9-5-6-20(8-9)10-1-2-11-12(7-10)17(25)21(16(11)24)13-3-4-14(22)19-15(13)23;/h1-2,7,9,13H,3-6,8,18H2,(H,19,22,23);1H. The van der Waals surface area contributed by atoms with E-state index in [4.69, 9.17) is 5.73 Å². The Morgan fingerprint density at radius 3 is 2.42 bits per heavy atom. The molecule has 2 fully saturated rings. The van der Waals surface area contributed by atoms with E-state index >= 15 is 0 Å². The number of nitrogens with two attached hydrogens (primary N) is 1. The average molecular weight is 379 g/mol. The van der Waals surface area contributed by atoms with Gasteiger partial charge in [0.15, 0.2) is 0 Å². The zero-order chi connectivity index (χ0) is 17.7. The quantitative estimate of drug-likeness (QED) is 0.703. The molecule has 4 amide bonds. The Balaban J connectivity index is 0.00000196. The lowest BCUT2D eigenvalue weighted by Crippen LogP contribution is -2.54. The average Bonchev–Trinajstić information content (AvgIpc) is 3.11. The number of fused-ring (bicyclic) bond motifs is 1. The molecule has 2 unspecified atom stereocenters. The second-order valence-electron chi connectivity index (χ2n) is 6.67. The summed E-state index contributed by atoms with van der Waals surface area (Å²) in [7, 11) is 0. The lowest BCUT2D eigenvalue weighted by molar-refractivity contribution is -0.136. The third-order valence-electron chi connectivity index (χ3n) is 5.01. The van der Waals surface area contributed by atoms with Crippen LogP contribution >= 0.6 is 12.4 Å². The van der Waals surface area contributed by atoms with Crippen LogP contribution in [0.4, 0.5) is 5.69 Å². The summed E-state index contributed by atoms with van der Waals surface area (Å²) in [5.74, 6) is -1.96. The number of carbonyl (C=O) groups is 4. The molecule has 138 valence electrons. The first kappa shape index (κ1) is 18.3. The molecule has 3 aliphatic rings. The van der Waals surface area contributed by atoms with Crippen LogP contribution in [0.5, 0.6) is 0 Å². The number of rotatable bonds is 2. The van der Waals surface area contributed by atoms with Gasteiger partial charge >= 0.3 is 0 Å². The minimum atomic E-state index is -0.936. The first-order valence-corrected chi connectivity index (χ1v) is 8.32. The molecule has 1 aromatic rings. The van der Waals surface area contributed by atoms with Crippen LogP contribution in [-0.2, 0) is 9.59 Å². The number of amides is 4. The Morgan fingerprint density at radius 1 is 1.04 bits per heavy atom. The summed E-state index contributed by atoms with van der Waals surface area (Å²) in [4.78, 5) is 51.8. The van der Waals surface area contributed by atoms with Crippen molar-refractivity contribution in [3.8, 4) is 0 Å². The predicted molar refractivity (Wildman–Crippen MR) is 95.2 cm³/mol. The number of hydrogen-bond donors (Lipinski definition) is 2. The maximum Gasteiger partial charge on any atom is 0.262 e. The Morgan fingerprint density at radius 2 is 1.77 bits per heavy atom. The number of carbonyl (C=O) groups excluding carboxylic acids is 4.